The van der Waals surface area contributed by atoms with Crippen LogP contribution in [0.2, 0.25) is 0 Å². The van der Waals surface area contributed by atoms with Crippen LogP contribution in [-0.2, 0) is 0 Å². The minimum Gasteiger partial charge on any atom is -0.0622 e. The van der Waals surface area contributed by atoms with Crippen LogP contribution >= 0.6 is 23.1 Å². The van der Waals surface area contributed by atoms with Crippen LogP contribution in [0, 0.1) is 0 Å². The summed E-state index contributed by atoms with van der Waals surface area (Å²) < 4.78 is 0. The fourth-order valence-electron chi connectivity index (χ4n) is 6.33. The van der Waals surface area contributed by atoms with Gasteiger partial charge in [-0.2, -0.15) is 0 Å². The van der Waals surface area contributed by atoms with Crippen LogP contribution in [0.4, 0.5) is 0 Å². The van der Waals surface area contributed by atoms with E-state index in [9.17, 15) is 0 Å². The standard InChI is InChI=1S/C41H40P3/c1-41(33-42(35-21-9-3-10-22-35)36-23-11-4-12-24-36,34-43(37-25-13-5-14-26-37)38-27-15-6-16-28-38)44(2,39-29-17-7-18-30-39)40-31-19-8-20-32-40/h3-32H,33-34H2,1-2H3/q+1. The zero-order valence-corrected chi connectivity index (χ0v) is 28.3. The third kappa shape index (κ3) is 6.51. The molecule has 6 aromatic rings. The summed E-state index contributed by atoms with van der Waals surface area (Å²) in [5.74, 6) is 0. The average Bonchev–Trinajstić information content (AvgIpc) is 3.11. The molecule has 0 saturated heterocycles. The van der Waals surface area contributed by atoms with Crippen LogP contribution in [-0.4, -0.2) is 24.1 Å². The fraction of sp³-hybridized carbons (Fsp3) is 0.122. The van der Waals surface area contributed by atoms with Crippen molar-refractivity contribution in [2.75, 3.05) is 19.0 Å². The molecule has 3 heteroatoms. The molecule has 0 saturated carbocycles. The van der Waals surface area contributed by atoms with E-state index < -0.39 is 23.1 Å². The average molecular weight is 626 g/mol. The molecule has 0 N–H and O–H groups in total. The van der Waals surface area contributed by atoms with E-state index in [0.717, 1.165) is 12.3 Å². The van der Waals surface area contributed by atoms with Gasteiger partial charge in [-0.05, 0) is 68.3 Å². The SMILES string of the molecule is CC(CP(c1ccccc1)c1ccccc1)(CP(c1ccccc1)c1ccccc1)[P+](C)(c1ccccc1)c1ccccc1. The van der Waals surface area contributed by atoms with Crippen LogP contribution < -0.4 is 31.8 Å². The van der Waals surface area contributed by atoms with Crippen molar-refractivity contribution >= 4 is 54.9 Å². The lowest BCUT2D eigenvalue weighted by atomic mass is 10.2. The minimum absolute atomic E-state index is 0.00944. The Morgan fingerprint density at radius 3 is 0.864 bits per heavy atom. The van der Waals surface area contributed by atoms with Gasteiger partial charge < -0.3 is 0 Å². The summed E-state index contributed by atoms with van der Waals surface area (Å²) in [6.45, 7) is 5.27. The first-order valence-corrected chi connectivity index (χ1v) is 20.6. The first kappa shape index (κ1) is 30.6. The van der Waals surface area contributed by atoms with Gasteiger partial charge in [-0.15, -0.1) is 0 Å². The van der Waals surface area contributed by atoms with Crippen molar-refractivity contribution in [3.05, 3.63) is 182 Å². The molecule has 218 valence electrons. The Balaban J connectivity index is 1.59. The highest BCUT2D eigenvalue weighted by Gasteiger charge is 2.56. The smallest absolute Gasteiger partial charge is 0.0622 e. The molecule has 0 atom stereocenters. The van der Waals surface area contributed by atoms with E-state index >= 15 is 0 Å². The van der Waals surface area contributed by atoms with E-state index in [0.29, 0.717) is 0 Å². The van der Waals surface area contributed by atoms with E-state index in [1.165, 1.54) is 31.8 Å². The molecule has 6 aromatic carbocycles. The molecule has 0 heterocycles. The third-order valence-corrected chi connectivity index (χ3v) is 20.2. The summed E-state index contributed by atoms with van der Waals surface area (Å²) in [4.78, 5) is 0. The molecule has 0 bridgehead atoms. The van der Waals surface area contributed by atoms with Crippen LogP contribution in [0.25, 0.3) is 0 Å². The van der Waals surface area contributed by atoms with Gasteiger partial charge in [0.25, 0.3) is 0 Å². The highest BCUT2D eigenvalue weighted by Crippen LogP contribution is 2.69. The molecule has 0 aliphatic rings. The van der Waals surface area contributed by atoms with E-state index in [-0.39, 0.29) is 5.16 Å². The summed E-state index contributed by atoms with van der Waals surface area (Å²) in [5, 5.41) is 8.78. The lowest BCUT2D eigenvalue weighted by Crippen LogP contribution is -2.46. The van der Waals surface area contributed by atoms with E-state index in [4.69, 9.17) is 0 Å². The van der Waals surface area contributed by atoms with Gasteiger partial charge in [0.15, 0.2) is 0 Å². The molecule has 0 unspecified atom stereocenters. The van der Waals surface area contributed by atoms with Gasteiger partial charge in [0.05, 0.1) is 29.7 Å². The monoisotopic (exact) mass is 625 g/mol. The topological polar surface area (TPSA) is 0 Å². The lowest BCUT2D eigenvalue weighted by Gasteiger charge is -2.44. The van der Waals surface area contributed by atoms with Crippen molar-refractivity contribution in [3.63, 3.8) is 0 Å². The summed E-state index contributed by atoms with van der Waals surface area (Å²) in [6.07, 6.45) is 2.23. The van der Waals surface area contributed by atoms with Crippen LogP contribution in [0.3, 0.4) is 0 Å². The molecule has 0 amide bonds. The van der Waals surface area contributed by atoms with E-state index in [2.05, 4.69) is 196 Å². The molecule has 44 heavy (non-hydrogen) atoms. The Morgan fingerprint density at radius 1 is 0.386 bits per heavy atom. The van der Waals surface area contributed by atoms with Gasteiger partial charge in [0, 0.05) is 12.3 Å². The molecular weight excluding hydrogens is 585 g/mol. The number of hydrogen-bond donors (Lipinski definition) is 0. The molecule has 6 rings (SSSR count). The van der Waals surface area contributed by atoms with Crippen molar-refractivity contribution in [2.24, 2.45) is 0 Å². The third-order valence-electron chi connectivity index (χ3n) is 8.89. The molecule has 0 spiro atoms. The Labute approximate surface area is 267 Å². The maximum atomic E-state index is 2.64. The van der Waals surface area contributed by atoms with Crippen molar-refractivity contribution in [2.45, 2.75) is 12.1 Å². The predicted octanol–water partition coefficient (Wildman–Crippen LogP) is 8.31. The van der Waals surface area contributed by atoms with Gasteiger partial charge in [-0.25, -0.2) is 0 Å². The maximum absolute atomic E-state index is 2.64. The summed E-state index contributed by atoms with van der Waals surface area (Å²) >= 11 is 0. The molecule has 0 radical (unpaired) electrons. The number of benzene rings is 6. The zero-order chi connectivity index (χ0) is 30.2. The van der Waals surface area contributed by atoms with Crippen molar-refractivity contribution in [1.82, 2.24) is 0 Å². The molecule has 0 nitrogen and oxygen atoms in total. The second-order valence-electron chi connectivity index (χ2n) is 11.7. The van der Waals surface area contributed by atoms with E-state index in [1.54, 1.807) is 0 Å². The highest BCUT2D eigenvalue weighted by molar-refractivity contribution is 7.91. The molecule has 0 fully saturated rings. The van der Waals surface area contributed by atoms with Crippen LogP contribution in [0.5, 0.6) is 0 Å². The van der Waals surface area contributed by atoms with Gasteiger partial charge in [0.1, 0.15) is 0 Å². The second kappa shape index (κ2) is 14.1. The molecular formula is C41H40P3+. The Kier molecular flexibility index (Phi) is 9.85. The quantitative estimate of drug-likeness (QED) is 0.127. The number of rotatable bonds is 11. The molecule has 0 aromatic heterocycles. The Bertz CT molecular complexity index is 1500. The Hall–Kier alpha value is -3.39. The predicted molar refractivity (Wildman–Crippen MR) is 201 cm³/mol. The Morgan fingerprint density at radius 2 is 0.614 bits per heavy atom. The van der Waals surface area contributed by atoms with Crippen LogP contribution in [0.1, 0.15) is 6.92 Å². The summed E-state index contributed by atoms with van der Waals surface area (Å²) in [5.41, 5.74) is 0. The lowest BCUT2D eigenvalue weighted by molar-refractivity contribution is 0.804. The maximum Gasteiger partial charge on any atom is 0.0994 e. The summed E-state index contributed by atoms with van der Waals surface area (Å²) in [7, 11) is -3.18. The molecule has 0 aliphatic carbocycles. The first-order valence-electron chi connectivity index (χ1n) is 15.3. The van der Waals surface area contributed by atoms with Crippen LogP contribution in [0.15, 0.2) is 182 Å². The summed E-state index contributed by atoms with van der Waals surface area (Å²) in [6, 6.07) is 68.1. The highest BCUT2D eigenvalue weighted by atomic mass is 31.2. The zero-order valence-electron chi connectivity index (χ0n) is 25.6. The van der Waals surface area contributed by atoms with E-state index in [1.807, 2.05) is 0 Å². The van der Waals surface area contributed by atoms with Crippen molar-refractivity contribution in [1.29, 1.82) is 0 Å². The van der Waals surface area contributed by atoms with Gasteiger partial charge in [-0.3, -0.25) is 0 Å². The number of hydrogen-bond acceptors (Lipinski definition) is 0. The molecule has 0 aliphatic heterocycles. The first-order chi connectivity index (χ1) is 21.6. The second-order valence-corrected chi connectivity index (χ2v) is 20.2. The van der Waals surface area contributed by atoms with Crippen molar-refractivity contribution < 1.29 is 0 Å². The fourth-order valence-corrected chi connectivity index (χ4v) is 17.7. The normalized spacial score (nSPS) is 12.0. The van der Waals surface area contributed by atoms with Gasteiger partial charge >= 0.3 is 0 Å². The van der Waals surface area contributed by atoms with Gasteiger partial charge in [-0.1, -0.05) is 158 Å². The van der Waals surface area contributed by atoms with Gasteiger partial charge in [0.2, 0.25) is 0 Å². The van der Waals surface area contributed by atoms with Crippen molar-refractivity contribution in [3.8, 4) is 0 Å². The largest absolute Gasteiger partial charge is 0.0994 e. The minimum atomic E-state index is -1.95.